The van der Waals surface area contributed by atoms with Crippen LogP contribution in [0.15, 0.2) is 18.2 Å². The summed E-state index contributed by atoms with van der Waals surface area (Å²) in [5, 5.41) is 2.55. The van der Waals surface area contributed by atoms with Crippen molar-refractivity contribution in [1.29, 1.82) is 0 Å². The van der Waals surface area contributed by atoms with Gasteiger partial charge < -0.3 is 11.1 Å². The molecule has 1 aromatic rings. The number of carbonyl (C=O) groups is 1. The number of rotatable bonds is 5. The molecule has 3 unspecified atom stereocenters. The van der Waals surface area contributed by atoms with Crippen molar-refractivity contribution in [2.75, 3.05) is 0 Å². The number of halogens is 2. The highest BCUT2D eigenvalue weighted by Gasteiger charge is 2.23. The van der Waals surface area contributed by atoms with Gasteiger partial charge in [-0.1, -0.05) is 26.3 Å². The second-order valence-corrected chi connectivity index (χ2v) is 4.78. The summed E-state index contributed by atoms with van der Waals surface area (Å²) in [5.41, 5.74) is 5.63. The third-order valence-corrected chi connectivity index (χ3v) is 3.35. The highest BCUT2D eigenvalue weighted by Crippen LogP contribution is 2.20. The highest BCUT2D eigenvalue weighted by molar-refractivity contribution is 5.82. The molecule has 19 heavy (non-hydrogen) atoms. The number of amides is 1. The van der Waals surface area contributed by atoms with Gasteiger partial charge in [0.1, 0.15) is 11.6 Å². The zero-order valence-corrected chi connectivity index (χ0v) is 11.4. The minimum Gasteiger partial charge on any atom is -0.348 e. The van der Waals surface area contributed by atoms with E-state index >= 15 is 0 Å². The largest absolute Gasteiger partial charge is 0.348 e. The van der Waals surface area contributed by atoms with Crippen molar-refractivity contribution >= 4 is 5.91 Å². The second-order valence-electron chi connectivity index (χ2n) is 4.78. The molecule has 0 saturated heterocycles. The number of nitrogens with one attached hydrogen (secondary N) is 1. The van der Waals surface area contributed by atoms with Crippen molar-refractivity contribution in [2.45, 2.75) is 39.3 Å². The zero-order chi connectivity index (χ0) is 14.6. The average molecular weight is 270 g/mol. The Morgan fingerprint density at radius 3 is 2.32 bits per heavy atom. The SMILES string of the molecule is CCC(C)C(N)C(=O)NC(C)c1c(F)cccc1F. The maximum absolute atomic E-state index is 13.6. The van der Waals surface area contributed by atoms with Gasteiger partial charge in [-0.2, -0.15) is 0 Å². The Kier molecular flexibility index (Phi) is 5.42. The lowest BCUT2D eigenvalue weighted by atomic mass is 9.98. The molecule has 106 valence electrons. The average Bonchev–Trinajstić information content (AvgIpc) is 2.36. The number of nitrogens with two attached hydrogens (primary N) is 1. The predicted octanol–water partition coefficient (Wildman–Crippen LogP) is 2.52. The second kappa shape index (κ2) is 6.61. The summed E-state index contributed by atoms with van der Waals surface area (Å²) in [6, 6.07) is 2.17. The molecular formula is C14H20F2N2O. The van der Waals surface area contributed by atoms with Gasteiger partial charge in [0.15, 0.2) is 0 Å². The van der Waals surface area contributed by atoms with Crippen LogP contribution in [0.1, 0.15) is 38.8 Å². The number of benzene rings is 1. The molecule has 0 saturated carbocycles. The Hall–Kier alpha value is -1.49. The van der Waals surface area contributed by atoms with Gasteiger partial charge in [0, 0.05) is 5.56 Å². The zero-order valence-electron chi connectivity index (χ0n) is 11.4. The molecule has 0 aromatic heterocycles. The summed E-state index contributed by atoms with van der Waals surface area (Å²) in [6.45, 7) is 5.32. The number of carbonyl (C=O) groups excluding carboxylic acids is 1. The fraction of sp³-hybridized carbons (Fsp3) is 0.500. The summed E-state index contributed by atoms with van der Waals surface area (Å²) in [6.07, 6.45) is 0.761. The molecule has 0 radical (unpaired) electrons. The molecule has 0 spiro atoms. The minimum absolute atomic E-state index is 0.0117. The van der Waals surface area contributed by atoms with Crippen LogP contribution in [0.3, 0.4) is 0 Å². The lowest BCUT2D eigenvalue weighted by Crippen LogP contribution is -2.45. The van der Waals surface area contributed by atoms with Crippen LogP contribution in [0.2, 0.25) is 0 Å². The maximum atomic E-state index is 13.6. The van der Waals surface area contributed by atoms with E-state index < -0.39 is 29.6 Å². The van der Waals surface area contributed by atoms with Crippen LogP contribution in [-0.2, 0) is 4.79 Å². The van der Waals surface area contributed by atoms with E-state index in [2.05, 4.69) is 5.32 Å². The molecule has 1 aromatic carbocycles. The topological polar surface area (TPSA) is 55.1 Å². The first-order valence-corrected chi connectivity index (χ1v) is 6.38. The first-order chi connectivity index (χ1) is 8.88. The maximum Gasteiger partial charge on any atom is 0.237 e. The summed E-state index contributed by atoms with van der Waals surface area (Å²) >= 11 is 0. The Bertz CT molecular complexity index is 431. The Labute approximate surface area is 112 Å². The van der Waals surface area contributed by atoms with Gasteiger partial charge >= 0.3 is 0 Å². The van der Waals surface area contributed by atoms with Crippen molar-refractivity contribution in [3.63, 3.8) is 0 Å². The molecule has 0 heterocycles. The Morgan fingerprint density at radius 1 is 1.32 bits per heavy atom. The normalized spacial score (nSPS) is 15.7. The van der Waals surface area contributed by atoms with E-state index in [-0.39, 0.29) is 11.5 Å². The molecule has 3 N–H and O–H groups in total. The lowest BCUT2D eigenvalue weighted by Gasteiger charge is -2.21. The van der Waals surface area contributed by atoms with Crippen molar-refractivity contribution < 1.29 is 13.6 Å². The van der Waals surface area contributed by atoms with Crippen molar-refractivity contribution in [1.82, 2.24) is 5.32 Å². The fourth-order valence-electron chi connectivity index (χ4n) is 1.82. The van der Waals surface area contributed by atoms with Crippen molar-refractivity contribution in [2.24, 2.45) is 11.7 Å². The van der Waals surface area contributed by atoms with E-state index in [9.17, 15) is 13.6 Å². The standard InChI is InChI=1S/C14H20F2N2O/c1-4-8(2)13(17)14(19)18-9(3)12-10(15)6-5-7-11(12)16/h5-9,13H,4,17H2,1-3H3,(H,18,19). The van der Waals surface area contributed by atoms with Crippen LogP contribution < -0.4 is 11.1 Å². The lowest BCUT2D eigenvalue weighted by molar-refractivity contribution is -0.124. The molecule has 1 rings (SSSR count). The van der Waals surface area contributed by atoms with Gasteiger partial charge in [0.25, 0.3) is 0 Å². The summed E-state index contributed by atoms with van der Waals surface area (Å²) in [5.74, 6) is -1.74. The molecule has 3 atom stereocenters. The first-order valence-electron chi connectivity index (χ1n) is 6.38. The van der Waals surface area contributed by atoms with E-state index in [1.54, 1.807) is 0 Å². The van der Waals surface area contributed by atoms with E-state index in [1.165, 1.54) is 13.0 Å². The number of hydrogen-bond donors (Lipinski definition) is 2. The van der Waals surface area contributed by atoms with Crippen LogP contribution in [0, 0.1) is 17.6 Å². The smallest absolute Gasteiger partial charge is 0.237 e. The predicted molar refractivity (Wildman–Crippen MR) is 70.3 cm³/mol. The van der Waals surface area contributed by atoms with E-state index in [0.717, 1.165) is 18.6 Å². The molecule has 1 amide bonds. The Balaban J connectivity index is 2.80. The van der Waals surface area contributed by atoms with Gasteiger partial charge in [-0.3, -0.25) is 4.79 Å². The highest BCUT2D eigenvalue weighted by atomic mass is 19.1. The van der Waals surface area contributed by atoms with E-state index in [1.807, 2.05) is 13.8 Å². The van der Waals surface area contributed by atoms with Gasteiger partial charge in [-0.15, -0.1) is 0 Å². The van der Waals surface area contributed by atoms with Gasteiger partial charge in [0.2, 0.25) is 5.91 Å². The molecule has 0 aliphatic rings. The molecular weight excluding hydrogens is 250 g/mol. The third kappa shape index (κ3) is 3.73. The third-order valence-electron chi connectivity index (χ3n) is 3.35. The van der Waals surface area contributed by atoms with Crippen LogP contribution in [0.5, 0.6) is 0 Å². The molecule has 0 aliphatic carbocycles. The molecule has 5 heteroatoms. The number of hydrogen-bond acceptors (Lipinski definition) is 2. The van der Waals surface area contributed by atoms with Crippen LogP contribution >= 0.6 is 0 Å². The monoisotopic (exact) mass is 270 g/mol. The molecule has 0 aliphatic heterocycles. The quantitative estimate of drug-likeness (QED) is 0.863. The summed E-state index contributed by atoms with van der Waals surface area (Å²) in [4.78, 5) is 11.9. The van der Waals surface area contributed by atoms with Crippen LogP contribution in [-0.4, -0.2) is 11.9 Å². The minimum atomic E-state index is -0.760. The fourth-order valence-corrected chi connectivity index (χ4v) is 1.82. The summed E-state index contributed by atoms with van der Waals surface area (Å²) < 4.78 is 27.1. The molecule has 0 fully saturated rings. The Morgan fingerprint density at radius 2 is 1.84 bits per heavy atom. The van der Waals surface area contributed by atoms with Gasteiger partial charge in [-0.25, -0.2) is 8.78 Å². The summed E-state index contributed by atoms with van der Waals surface area (Å²) in [7, 11) is 0. The molecule has 3 nitrogen and oxygen atoms in total. The van der Waals surface area contributed by atoms with Crippen molar-refractivity contribution in [3.8, 4) is 0 Å². The van der Waals surface area contributed by atoms with E-state index in [0.29, 0.717) is 0 Å². The van der Waals surface area contributed by atoms with E-state index in [4.69, 9.17) is 5.73 Å². The van der Waals surface area contributed by atoms with Crippen molar-refractivity contribution in [3.05, 3.63) is 35.4 Å². The first kappa shape index (κ1) is 15.6. The van der Waals surface area contributed by atoms with Crippen LogP contribution in [0.25, 0.3) is 0 Å². The molecule has 0 bridgehead atoms. The van der Waals surface area contributed by atoms with Gasteiger partial charge in [0.05, 0.1) is 12.1 Å². The van der Waals surface area contributed by atoms with Gasteiger partial charge in [-0.05, 0) is 25.0 Å². The van der Waals surface area contributed by atoms with Crippen LogP contribution in [0.4, 0.5) is 8.78 Å².